The van der Waals surface area contributed by atoms with Gasteiger partial charge in [0, 0.05) is 27.5 Å². The van der Waals surface area contributed by atoms with E-state index in [0.29, 0.717) is 0 Å². The van der Waals surface area contributed by atoms with Crippen LogP contribution in [0.5, 0.6) is 0 Å². The Labute approximate surface area is 355 Å². The van der Waals surface area contributed by atoms with Crippen LogP contribution < -0.4 is 4.90 Å². The highest BCUT2D eigenvalue weighted by atomic mass is 15.1. The van der Waals surface area contributed by atoms with E-state index < -0.39 is 5.41 Å². The number of hydrogen-bond acceptors (Lipinski definition) is 1. The molecule has 0 fully saturated rings. The molecule has 1 spiro atoms. The third kappa shape index (κ3) is 4.73. The van der Waals surface area contributed by atoms with Gasteiger partial charge in [0.1, 0.15) is 0 Å². The van der Waals surface area contributed by atoms with Gasteiger partial charge >= 0.3 is 0 Å². The summed E-state index contributed by atoms with van der Waals surface area (Å²) in [7, 11) is 0. The second-order valence-corrected chi connectivity index (χ2v) is 17.0. The van der Waals surface area contributed by atoms with Gasteiger partial charge in [0.25, 0.3) is 0 Å². The van der Waals surface area contributed by atoms with Gasteiger partial charge in [0.2, 0.25) is 0 Å². The summed E-state index contributed by atoms with van der Waals surface area (Å²) in [5.74, 6) is 0. The highest BCUT2D eigenvalue weighted by Crippen LogP contribution is 2.61. The Morgan fingerprint density at radius 2 is 1.05 bits per heavy atom. The van der Waals surface area contributed by atoms with Crippen molar-refractivity contribution < 1.29 is 0 Å². The van der Waals surface area contributed by atoms with Crippen LogP contribution in [-0.2, 0) is 5.41 Å². The van der Waals surface area contributed by atoms with Crippen LogP contribution in [0.3, 0.4) is 0 Å². The van der Waals surface area contributed by atoms with E-state index in [1.54, 1.807) is 0 Å². The lowest BCUT2D eigenvalue weighted by Crippen LogP contribution is -2.33. The van der Waals surface area contributed by atoms with Gasteiger partial charge < -0.3 is 9.47 Å². The van der Waals surface area contributed by atoms with E-state index in [2.05, 4.69) is 230 Å². The van der Waals surface area contributed by atoms with Crippen molar-refractivity contribution >= 4 is 60.4 Å². The summed E-state index contributed by atoms with van der Waals surface area (Å²) in [5.41, 5.74) is 19.7. The fraction of sp³-hybridized carbons (Fsp3) is 0.0508. The fourth-order valence-electron chi connectivity index (χ4n) is 11.1. The molecule has 2 aliphatic rings. The van der Waals surface area contributed by atoms with Crippen LogP contribution in [-0.4, -0.2) is 4.57 Å². The molecule has 0 bridgehead atoms. The van der Waals surface area contributed by atoms with Gasteiger partial charge in [0.05, 0.1) is 27.8 Å². The summed E-state index contributed by atoms with van der Waals surface area (Å²) >= 11 is 0. The summed E-state index contributed by atoms with van der Waals surface area (Å²) in [6, 6.07) is 77.3. The molecule has 2 heterocycles. The molecule has 0 N–H and O–H groups in total. The molecular weight excluding hydrogens is 737 g/mol. The maximum atomic E-state index is 2.56. The number of fused-ring (bicyclic) bond motifs is 14. The predicted molar refractivity (Wildman–Crippen MR) is 256 cm³/mol. The summed E-state index contributed by atoms with van der Waals surface area (Å²) in [5, 5.41) is 7.53. The molecule has 10 aromatic carbocycles. The maximum Gasteiger partial charge on any atom is 0.0754 e. The number of anilines is 3. The van der Waals surface area contributed by atoms with Crippen LogP contribution in [0.4, 0.5) is 17.1 Å². The quantitative estimate of drug-likeness (QED) is 0.173. The molecule has 1 aliphatic carbocycles. The third-order valence-electron chi connectivity index (χ3n) is 13.6. The van der Waals surface area contributed by atoms with Gasteiger partial charge in [-0.25, -0.2) is 0 Å². The zero-order valence-corrected chi connectivity index (χ0v) is 34.0. The Morgan fingerprint density at radius 1 is 0.393 bits per heavy atom. The molecule has 1 aliphatic heterocycles. The Bertz CT molecular complexity index is 3570. The van der Waals surface area contributed by atoms with Crippen molar-refractivity contribution in [3.05, 3.63) is 240 Å². The summed E-state index contributed by atoms with van der Waals surface area (Å²) in [6.07, 6.45) is 0. The SMILES string of the molecule is Cc1ccc2c(c1)c1cc(C)cc3c1n2-c1ccc(-c2ccc(N(c4ccc5ccccc5c4)c4cccc5ccccc45)cc2)cc1C31c2ccccc2-c2ccccc21. The van der Waals surface area contributed by atoms with Crippen molar-refractivity contribution in [2.45, 2.75) is 19.3 Å². The van der Waals surface area contributed by atoms with Gasteiger partial charge in [-0.05, 0) is 135 Å². The number of aryl methyl sites for hydroxylation is 2. The number of aromatic nitrogens is 1. The molecule has 0 saturated heterocycles. The molecule has 11 aromatic rings. The zero-order valence-electron chi connectivity index (χ0n) is 34.0. The average Bonchev–Trinajstić information content (AvgIpc) is 3.79. The van der Waals surface area contributed by atoms with Gasteiger partial charge in [-0.2, -0.15) is 0 Å². The van der Waals surface area contributed by atoms with E-state index in [-0.39, 0.29) is 0 Å². The van der Waals surface area contributed by atoms with Crippen molar-refractivity contribution in [1.29, 1.82) is 0 Å². The number of rotatable bonds is 4. The number of hydrogen-bond donors (Lipinski definition) is 0. The molecule has 0 amide bonds. The van der Waals surface area contributed by atoms with Crippen molar-refractivity contribution in [2.75, 3.05) is 4.90 Å². The topological polar surface area (TPSA) is 8.17 Å². The molecule has 0 unspecified atom stereocenters. The molecule has 286 valence electrons. The molecular formula is C59H40N2. The van der Waals surface area contributed by atoms with Crippen molar-refractivity contribution in [3.63, 3.8) is 0 Å². The number of benzene rings is 10. The Balaban J connectivity index is 1.04. The largest absolute Gasteiger partial charge is 0.310 e. The van der Waals surface area contributed by atoms with Crippen LogP contribution in [0, 0.1) is 13.8 Å². The highest BCUT2D eigenvalue weighted by molar-refractivity contribution is 6.13. The first-order valence-corrected chi connectivity index (χ1v) is 21.3. The first kappa shape index (κ1) is 34.2. The molecule has 0 saturated carbocycles. The van der Waals surface area contributed by atoms with Gasteiger partial charge in [0.15, 0.2) is 0 Å². The smallest absolute Gasteiger partial charge is 0.0754 e. The Morgan fingerprint density at radius 3 is 1.85 bits per heavy atom. The van der Waals surface area contributed by atoms with Crippen molar-refractivity contribution in [3.8, 4) is 27.9 Å². The van der Waals surface area contributed by atoms with Crippen LogP contribution in [0.1, 0.15) is 33.4 Å². The summed E-state index contributed by atoms with van der Waals surface area (Å²) < 4.78 is 2.56. The van der Waals surface area contributed by atoms with Crippen LogP contribution in [0.15, 0.2) is 206 Å². The average molecular weight is 777 g/mol. The number of nitrogens with zero attached hydrogens (tertiary/aromatic N) is 2. The predicted octanol–water partition coefficient (Wildman–Crippen LogP) is 15.5. The maximum absolute atomic E-state index is 2.56. The Kier molecular flexibility index (Phi) is 7.10. The van der Waals surface area contributed by atoms with Crippen LogP contribution >= 0.6 is 0 Å². The molecule has 2 nitrogen and oxygen atoms in total. The van der Waals surface area contributed by atoms with Crippen LogP contribution in [0.2, 0.25) is 0 Å². The zero-order chi connectivity index (χ0) is 40.4. The first-order chi connectivity index (χ1) is 30.1. The lowest BCUT2D eigenvalue weighted by atomic mass is 9.65. The third-order valence-corrected chi connectivity index (χ3v) is 13.6. The molecule has 2 heteroatoms. The second kappa shape index (κ2) is 12.7. The Hall–Kier alpha value is -7.68. The van der Waals surface area contributed by atoms with Crippen LogP contribution in [0.25, 0.3) is 71.3 Å². The first-order valence-electron chi connectivity index (χ1n) is 21.3. The van der Waals surface area contributed by atoms with E-state index in [9.17, 15) is 0 Å². The van der Waals surface area contributed by atoms with E-state index in [1.165, 1.54) is 105 Å². The second-order valence-electron chi connectivity index (χ2n) is 17.0. The monoisotopic (exact) mass is 776 g/mol. The molecule has 0 radical (unpaired) electrons. The lowest BCUT2D eigenvalue weighted by Gasteiger charge is -2.40. The molecule has 13 rings (SSSR count). The van der Waals surface area contributed by atoms with E-state index in [4.69, 9.17) is 0 Å². The standard InChI is InChI=1S/C59H40N2/c1-37-22-30-56-49(32-37)50-33-38(2)34-54-58(50)61(56)57-31-26-43(36-53(57)59(54)51-19-9-7-17-47(51)48-18-8-10-20-52(48)59)40-23-27-44(28-24-40)60(45-29-25-39-12-3-4-14-42(39)35-45)55-21-11-15-41-13-5-6-16-46(41)55/h3-36H,1-2H3. The minimum Gasteiger partial charge on any atom is -0.310 e. The minimum absolute atomic E-state index is 0.497. The lowest BCUT2D eigenvalue weighted by molar-refractivity contribution is 0.748. The van der Waals surface area contributed by atoms with Gasteiger partial charge in [-0.15, -0.1) is 0 Å². The summed E-state index contributed by atoms with van der Waals surface area (Å²) in [4.78, 5) is 2.41. The van der Waals surface area contributed by atoms with E-state index >= 15 is 0 Å². The van der Waals surface area contributed by atoms with E-state index in [1.807, 2.05) is 0 Å². The molecule has 1 aromatic heterocycles. The van der Waals surface area contributed by atoms with Crippen molar-refractivity contribution in [1.82, 2.24) is 4.57 Å². The normalized spacial score (nSPS) is 13.2. The van der Waals surface area contributed by atoms with Gasteiger partial charge in [-0.1, -0.05) is 157 Å². The molecule has 61 heavy (non-hydrogen) atoms. The molecule has 0 atom stereocenters. The fourth-order valence-corrected chi connectivity index (χ4v) is 11.1. The minimum atomic E-state index is -0.497. The van der Waals surface area contributed by atoms with Crippen molar-refractivity contribution in [2.24, 2.45) is 0 Å². The summed E-state index contributed by atoms with van der Waals surface area (Å²) in [6.45, 7) is 4.47. The van der Waals surface area contributed by atoms with E-state index in [0.717, 1.165) is 17.1 Å². The highest BCUT2D eigenvalue weighted by Gasteiger charge is 2.51. The van der Waals surface area contributed by atoms with Gasteiger partial charge in [-0.3, -0.25) is 0 Å².